The summed E-state index contributed by atoms with van der Waals surface area (Å²) in [6, 6.07) is 0. The van der Waals surface area contributed by atoms with Crippen LogP contribution in [0.2, 0.25) is 0 Å². The van der Waals surface area contributed by atoms with E-state index in [1.54, 1.807) is 4.90 Å². The van der Waals surface area contributed by atoms with E-state index in [0.717, 1.165) is 25.8 Å². The molecule has 16 heavy (non-hydrogen) atoms. The first-order valence-corrected chi connectivity index (χ1v) is 6.05. The molecule has 4 nitrogen and oxygen atoms in total. The van der Waals surface area contributed by atoms with Crippen LogP contribution in [0.3, 0.4) is 0 Å². The summed E-state index contributed by atoms with van der Waals surface area (Å²) in [5.74, 6) is 0. The van der Waals surface area contributed by atoms with Crippen molar-refractivity contribution in [3.8, 4) is 0 Å². The van der Waals surface area contributed by atoms with Gasteiger partial charge < -0.3 is 15.4 Å². The van der Waals surface area contributed by atoms with Gasteiger partial charge in [0.1, 0.15) is 5.60 Å². The van der Waals surface area contributed by atoms with E-state index in [0.29, 0.717) is 6.54 Å². The van der Waals surface area contributed by atoms with E-state index >= 15 is 0 Å². The molecule has 1 atom stereocenters. The summed E-state index contributed by atoms with van der Waals surface area (Å²) < 4.78 is 5.38. The Hall–Kier alpha value is -0.770. The van der Waals surface area contributed by atoms with Crippen molar-refractivity contribution in [2.24, 2.45) is 5.73 Å². The summed E-state index contributed by atoms with van der Waals surface area (Å²) in [6.07, 6.45) is 2.77. The average Bonchev–Trinajstić information content (AvgIpc) is 2.08. The first-order valence-electron chi connectivity index (χ1n) is 6.05. The van der Waals surface area contributed by atoms with Crippen LogP contribution < -0.4 is 5.73 Å². The van der Waals surface area contributed by atoms with Gasteiger partial charge in [0.05, 0.1) is 5.54 Å². The minimum absolute atomic E-state index is 0.142. The number of rotatable bonds is 3. The normalized spacial score (nSPS) is 25.2. The fraction of sp³-hybridized carbons (Fsp3) is 0.917. The molecule has 0 radical (unpaired) electrons. The van der Waals surface area contributed by atoms with E-state index in [1.165, 1.54) is 0 Å². The van der Waals surface area contributed by atoms with Crippen molar-refractivity contribution in [3.05, 3.63) is 0 Å². The summed E-state index contributed by atoms with van der Waals surface area (Å²) in [5.41, 5.74) is 5.22. The fourth-order valence-corrected chi connectivity index (χ4v) is 2.18. The lowest BCUT2D eigenvalue weighted by Gasteiger charge is -2.52. The first kappa shape index (κ1) is 13.3. The molecule has 1 rings (SSSR count). The Balaban J connectivity index is 2.63. The van der Waals surface area contributed by atoms with Gasteiger partial charge in [-0.2, -0.15) is 0 Å². The van der Waals surface area contributed by atoms with Gasteiger partial charge >= 0.3 is 6.09 Å². The summed E-state index contributed by atoms with van der Waals surface area (Å²) in [5, 5.41) is 0. The smallest absolute Gasteiger partial charge is 0.410 e. The van der Waals surface area contributed by atoms with Gasteiger partial charge in [-0.05, 0) is 33.6 Å². The SMILES string of the molecule is CCC[C@]1(CN)CCN1C(=O)OC(C)(C)C. The van der Waals surface area contributed by atoms with Crippen LogP contribution >= 0.6 is 0 Å². The van der Waals surface area contributed by atoms with E-state index in [9.17, 15) is 4.79 Å². The predicted molar refractivity (Wildman–Crippen MR) is 64.3 cm³/mol. The second kappa shape index (κ2) is 4.62. The first-order chi connectivity index (χ1) is 7.34. The van der Waals surface area contributed by atoms with E-state index in [-0.39, 0.29) is 11.6 Å². The zero-order valence-corrected chi connectivity index (χ0v) is 10.9. The molecule has 1 aliphatic rings. The number of amides is 1. The second-order valence-corrected chi connectivity index (χ2v) is 5.56. The predicted octanol–water partition coefficient (Wildman–Crippen LogP) is 2.12. The van der Waals surface area contributed by atoms with E-state index in [1.807, 2.05) is 20.8 Å². The minimum atomic E-state index is -0.431. The highest BCUT2D eigenvalue weighted by Crippen LogP contribution is 2.35. The fourth-order valence-electron chi connectivity index (χ4n) is 2.18. The maximum atomic E-state index is 11.9. The van der Waals surface area contributed by atoms with Crippen molar-refractivity contribution in [3.63, 3.8) is 0 Å². The summed E-state index contributed by atoms with van der Waals surface area (Å²) in [4.78, 5) is 13.7. The lowest BCUT2D eigenvalue weighted by atomic mass is 9.81. The van der Waals surface area contributed by atoms with Crippen molar-refractivity contribution >= 4 is 6.09 Å². The lowest BCUT2D eigenvalue weighted by Crippen LogP contribution is -2.66. The summed E-state index contributed by atoms with van der Waals surface area (Å²) in [7, 11) is 0. The van der Waals surface area contributed by atoms with Crippen LogP contribution in [-0.2, 0) is 4.74 Å². The molecule has 0 saturated carbocycles. The molecule has 0 aromatic carbocycles. The molecule has 0 aliphatic carbocycles. The Morgan fingerprint density at radius 3 is 2.44 bits per heavy atom. The number of hydrogen-bond donors (Lipinski definition) is 1. The van der Waals surface area contributed by atoms with Crippen LogP contribution in [0.15, 0.2) is 0 Å². The molecular weight excluding hydrogens is 204 g/mol. The van der Waals surface area contributed by atoms with Crippen molar-refractivity contribution in [2.45, 2.75) is 58.1 Å². The zero-order chi connectivity index (χ0) is 12.4. The van der Waals surface area contributed by atoms with Crippen LogP contribution in [0, 0.1) is 0 Å². The van der Waals surface area contributed by atoms with Crippen LogP contribution in [0.4, 0.5) is 4.79 Å². The van der Waals surface area contributed by atoms with Crippen molar-refractivity contribution < 1.29 is 9.53 Å². The third-order valence-corrected chi connectivity index (χ3v) is 3.08. The monoisotopic (exact) mass is 228 g/mol. The third kappa shape index (κ3) is 2.67. The zero-order valence-electron chi connectivity index (χ0n) is 10.9. The molecule has 0 aromatic heterocycles. The Kier molecular flexibility index (Phi) is 3.84. The van der Waals surface area contributed by atoms with Crippen molar-refractivity contribution in [1.82, 2.24) is 4.90 Å². The van der Waals surface area contributed by atoms with Crippen molar-refractivity contribution in [2.75, 3.05) is 13.1 Å². The third-order valence-electron chi connectivity index (χ3n) is 3.08. The minimum Gasteiger partial charge on any atom is -0.444 e. The number of nitrogens with two attached hydrogens (primary N) is 1. The van der Waals surface area contributed by atoms with Gasteiger partial charge in [0, 0.05) is 13.1 Å². The molecule has 4 heteroatoms. The van der Waals surface area contributed by atoms with E-state index in [4.69, 9.17) is 10.5 Å². The molecule has 1 heterocycles. The molecule has 1 aliphatic heterocycles. The molecule has 0 spiro atoms. The van der Waals surface area contributed by atoms with Gasteiger partial charge in [-0.1, -0.05) is 13.3 Å². The van der Waals surface area contributed by atoms with Crippen LogP contribution in [0.25, 0.3) is 0 Å². The second-order valence-electron chi connectivity index (χ2n) is 5.56. The van der Waals surface area contributed by atoms with Crippen molar-refractivity contribution in [1.29, 1.82) is 0 Å². The molecule has 94 valence electrons. The van der Waals surface area contributed by atoms with Gasteiger partial charge in [-0.15, -0.1) is 0 Å². The molecular formula is C12H24N2O2. The highest BCUT2D eigenvalue weighted by Gasteiger charge is 2.47. The highest BCUT2D eigenvalue weighted by atomic mass is 16.6. The molecule has 0 unspecified atom stereocenters. The van der Waals surface area contributed by atoms with E-state index < -0.39 is 5.60 Å². The Morgan fingerprint density at radius 2 is 2.12 bits per heavy atom. The molecule has 0 bridgehead atoms. The maximum absolute atomic E-state index is 11.9. The number of hydrogen-bond acceptors (Lipinski definition) is 3. The summed E-state index contributed by atoms with van der Waals surface area (Å²) in [6.45, 7) is 9.06. The number of likely N-dealkylation sites (tertiary alicyclic amines) is 1. The number of ether oxygens (including phenoxy) is 1. The number of carbonyl (C=O) groups is 1. The maximum Gasteiger partial charge on any atom is 0.410 e. The van der Waals surface area contributed by atoms with Gasteiger partial charge in [-0.3, -0.25) is 0 Å². The van der Waals surface area contributed by atoms with Gasteiger partial charge in [0.15, 0.2) is 0 Å². The van der Waals surface area contributed by atoms with Gasteiger partial charge in [-0.25, -0.2) is 4.79 Å². The Morgan fingerprint density at radius 1 is 1.50 bits per heavy atom. The number of carbonyl (C=O) groups excluding carboxylic acids is 1. The largest absolute Gasteiger partial charge is 0.444 e. The van der Waals surface area contributed by atoms with Crippen LogP contribution in [0.5, 0.6) is 0 Å². The Labute approximate surface area is 98.1 Å². The van der Waals surface area contributed by atoms with Crippen LogP contribution in [-0.4, -0.2) is 35.2 Å². The topological polar surface area (TPSA) is 55.6 Å². The van der Waals surface area contributed by atoms with Crippen LogP contribution in [0.1, 0.15) is 47.0 Å². The van der Waals surface area contributed by atoms with Gasteiger partial charge in [0.25, 0.3) is 0 Å². The molecule has 1 fully saturated rings. The molecule has 2 N–H and O–H groups in total. The molecule has 0 aromatic rings. The molecule has 1 saturated heterocycles. The Bertz CT molecular complexity index is 256. The average molecular weight is 228 g/mol. The molecule has 1 amide bonds. The summed E-state index contributed by atoms with van der Waals surface area (Å²) >= 11 is 0. The standard InChI is InChI=1S/C12H24N2O2/c1-5-6-12(9-13)7-8-14(12)10(15)16-11(2,3)4/h5-9,13H2,1-4H3/t12-/m1/s1. The van der Waals surface area contributed by atoms with Gasteiger partial charge in [0.2, 0.25) is 0 Å². The highest BCUT2D eigenvalue weighted by molar-refractivity contribution is 5.70. The number of nitrogens with zero attached hydrogens (tertiary/aromatic N) is 1. The quantitative estimate of drug-likeness (QED) is 0.805. The lowest BCUT2D eigenvalue weighted by molar-refractivity contribution is -0.0446. The van der Waals surface area contributed by atoms with E-state index in [2.05, 4.69) is 6.92 Å².